The first-order valence-corrected chi connectivity index (χ1v) is 5.58. The van der Waals surface area contributed by atoms with Gasteiger partial charge in [0.25, 0.3) is 0 Å². The van der Waals surface area contributed by atoms with E-state index in [2.05, 4.69) is 5.32 Å². The van der Waals surface area contributed by atoms with Crippen LogP contribution in [0.3, 0.4) is 0 Å². The zero-order chi connectivity index (χ0) is 12.2. The molecule has 0 radical (unpaired) electrons. The third-order valence-electron chi connectivity index (χ3n) is 1.75. The first-order chi connectivity index (χ1) is 7.38. The van der Waals surface area contributed by atoms with Gasteiger partial charge in [0.15, 0.2) is 0 Å². The van der Waals surface area contributed by atoms with E-state index in [4.69, 9.17) is 39.5 Å². The highest BCUT2D eigenvalue weighted by Crippen LogP contribution is 2.26. The zero-order valence-corrected chi connectivity index (χ0v) is 10.7. The van der Waals surface area contributed by atoms with Gasteiger partial charge in [-0.1, -0.05) is 53.0 Å². The summed E-state index contributed by atoms with van der Waals surface area (Å²) in [6.07, 6.45) is -0.652. The standard InChI is InChI=1S/C10H10Cl3NO2/c1-7-4-2-3-5-8(7)14-9(15)16-6-10(11,12)13/h2-5H,6H2,1H3,(H,14,15). The minimum absolute atomic E-state index is 0.296. The Morgan fingerprint density at radius 1 is 1.38 bits per heavy atom. The smallest absolute Gasteiger partial charge is 0.411 e. The summed E-state index contributed by atoms with van der Waals surface area (Å²) in [7, 11) is 0. The Morgan fingerprint density at radius 2 is 2.00 bits per heavy atom. The summed E-state index contributed by atoms with van der Waals surface area (Å²) in [6, 6.07) is 7.29. The maximum absolute atomic E-state index is 11.3. The van der Waals surface area contributed by atoms with Crippen molar-refractivity contribution in [3.63, 3.8) is 0 Å². The predicted octanol–water partition coefficient (Wildman–Crippen LogP) is 3.91. The Balaban J connectivity index is 2.50. The van der Waals surface area contributed by atoms with Gasteiger partial charge in [0.1, 0.15) is 6.61 Å². The van der Waals surface area contributed by atoms with Gasteiger partial charge in [0.2, 0.25) is 3.79 Å². The number of rotatable bonds is 2. The first kappa shape index (κ1) is 13.4. The molecule has 0 aliphatic heterocycles. The zero-order valence-electron chi connectivity index (χ0n) is 8.47. The number of alkyl halides is 3. The molecule has 16 heavy (non-hydrogen) atoms. The van der Waals surface area contributed by atoms with Crippen molar-refractivity contribution in [2.45, 2.75) is 10.7 Å². The molecule has 1 amide bonds. The molecule has 1 N–H and O–H groups in total. The molecule has 0 heterocycles. The van der Waals surface area contributed by atoms with Gasteiger partial charge in [0, 0.05) is 5.69 Å². The van der Waals surface area contributed by atoms with E-state index in [1.807, 2.05) is 19.1 Å². The topological polar surface area (TPSA) is 38.3 Å². The number of para-hydroxylation sites is 1. The molecular weight excluding hydrogens is 272 g/mol. The van der Waals surface area contributed by atoms with Crippen LogP contribution >= 0.6 is 34.8 Å². The lowest BCUT2D eigenvalue weighted by molar-refractivity contribution is 0.164. The highest BCUT2D eigenvalue weighted by Gasteiger charge is 2.22. The average molecular weight is 283 g/mol. The summed E-state index contributed by atoms with van der Waals surface area (Å²) in [4.78, 5) is 11.3. The highest BCUT2D eigenvalue weighted by atomic mass is 35.6. The van der Waals surface area contributed by atoms with Crippen molar-refractivity contribution in [1.82, 2.24) is 0 Å². The van der Waals surface area contributed by atoms with E-state index >= 15 is 0 Å². The minimum Gasteiger partial charge on any atom is -0.445 e. The van der Waals surface area contributed by atoms with Crippen molar-refractivity contribution in [3.8, 4) is 0 Å². The van der Waals surface area contributed by atoms with Crippen LogP contribution in [0, 0.1) is 6.92 Å². The molecule has 0 atom stereocenters. The predicted molar refractivity (Wildman–Crippen MR) is 66.4 cm³/mol. The van der Waals surface area contributed by atoms with E-state index in [0.29, 0.717) is 5.69 Å². The summed E-state index contributed by atoms with van der Waals surface area (Å²) in [5.41, 5.74) is 1.59. The number of anilines is 1. The Bertz CT molecular complexity index is 377. The summed E-state index contributed by atoms with van der Waals surface area (Å²) in [5.74, 6) is 0. The molecule has 0 saturated carbocycles. The normalized spacial score (nSPS) is 11.0. The lowest BCUT2D eigenvalue weighted by Crippen LogP contribution is -2.21. The largest absolute Gasteiger partial charge is 0.445 e. The molecule has 88 valence electrons. The van der Waals surface area contributed by atoms with Crippen molar-refractivity contribution in [2.75, 3.05) is 11.9 Å². The van der Waals surface area contributed by atoms with Gasteiger partial charge in [-0.2, -0.15) is 0 Å². The number of nitrogens with one attached hydrogen (secondary N) is 1. The summed E-state index contributed by atoms with van der Waals surface area (Å²) >= 11 is 16.3. The molecule has 0 bridgehead atoms. The summed E-state index contributed by atoms with van der Waals surface area (Å²) in [5, 5.41) is 2.55. The van der Waals surface area contributed by atoms with Gasteiger partial charge in [0.05, 0.1) is 0 Å². The average Bonchev–Trinajstić information content (AvgIpc) is 2.18. The number of ether oxygens (including phenoxy) is 1. The van der Waals surface area contributed by atoms with Crippen molar-refractivity contribution >= 4 is 46.6 Å². The lowest BCUT2D eigenvalue weighted by Gasteiger charge is -2.12. The fraction of sp³-hybridized carbons (Fsp3) is 0.300. The van der Waals surface area contributed by atoms with Gasteiger partial charge in [-0.3, -0.25) is 5.32 Å². The Labute approximate surface area is 109 Å². The van der Waals surface area contributed by atoms with E-state index in [1.165, 1.54) is 0 Å². The number of amides is 1. The van der Waals surface area contributed by atoms with Crippen LogP contribution in [0.15, 0.2) is 24.3 Å². The molecule has 0 aliphatic rings. The molecule has 0 saturated heterocycles. The third-order valence-corrected chi connectivity index (χ3v) is 2.08. The second kappa shape index (κ2) is 5.62. The quantitative estimate of drug-likeness (QED) is 0.835. The number of hydrogen-bond donors (Lipinski definition) is 1. The van der Waals surface area contributed by atoms with Crippen LogP contribution in [0.25, 0.3) is 0 Å². The van der Waals surface area contributed by atoms with Crippen molar-refractivity contribution < 1.29 is 9.53 Å². The van der Waals surface area contributed by atoms with Gasteiger partial charge in [-0.15, -0.1) is 0 Å². The molecule has 6 heteroatoms. The number of halogens is 3. The maximum atomic E-state index is 11.3. The van der Waals surface area contributed by atoms with Crippen LogP contribution in [0.2, 0.25) is 0 Å². The molecule has 0 aliphatic carbocycles. The number of carbonyl (C=O) groups excluding carboxylic acids is 1. The second-order valence-corrected chi connectivity index (χ2v) is 5.65. The van der Waals surface area contributed by atoms with Crippen LogP contribution in [-0.4, -0.2) is 16.5 Å². The van der Waals surface area contributed by atoms with Gasteiger partial charge >= 0.3 is 6.09 Å². The monoisotopic (exact) mass is 281 g/mol. The third kappa shape index (κ3) is 4.92. The molecule has 1 aromatic rings. The molecule has 3 nitrogen and oxygen atoms in total. The Morgan fingerprint density at radius 3 is 2.56 bits per heavy atom. The number of aryl methyl sites for hydroxylation is 1. The maximum Gasteiger partial charge on any atom is 0.411 e. The van der Waals surface area contributed by atoms with Gasteiger partial charge in [-0.25, -0.2) is 4.79 Å². The lowest BCUT2D eigenvalue weighted by atomic mass is 10.2. The SMILES string of the molecule is Cc1ccccc1NC(=O)OCC(Cl)(Cl)Cl. The second-order valence-electron chi connectivity index (χ2n) is 3.13. The molecule has 0 unspecified atom stereocenters. The van der Waals surface area contributed by atoms with Crippen molar-refractivity contribution in [1.29, 1.82) is 0 Å². The fourth-order valence-corrected chi connectivity index (χ4v) is 1.17. The molecule has 1 rings (SSSR count). The Kier molecular flexibility index (Phi) is 4.71. The van der Waals surface area contributed by atoms with E-state index in [0.717, 1.165) is 5.56 Å². The molecule has 0 spiro atoms. The van der Waals surface area contributed by atoms with E-state index in [1.54, 1.807) is 12.1 Å². The molecular formula is C10H10Cl3NO2. The number of benzene rings is 1. The summed E-state index contributed by atoms with van der Waals surface area (Å²) < 4.78 is 3.13. The van der Waals surface area contributed by atoms with Crippen LogP contribution in [0.4, 0.5) is 10.5 Å². The van der Waals surface area contributed by atoms with Gasteiger partial charge < -0.3 is 4.74 Å². The van der Waals surface area contributed by atoms with Crippen molar-refractivity contribution in [3.05, 3.63) is 29.8 Å². The van der Waals surface area contributed by atoms with Crippen LogP contribution in [-0.2, 0) is 4.74 Å². The van der Waals surface area contributed by atoms with E-state index in [9.17, 15) is 4.79 Å². The highest BCUT2D eigenvalue weighted by molar-refractivity contribution is 6.67. The Hall–Kier alpha value is -0.640. The minimum atomic E-state index is -1.59. The number of carbonyl (C=O) groups is 1. The van der Waals surface area contributed by atoms with Crippen molar-refractivity contribution in [2.24, 2.45) is 0 Å². The summed E-state index contributed by atoms with van der Waals surface area (Å²) in [6.45, 7) is 1.57. The van der Waals surface area contributed by atoms with E-state index < -0.39 is 9.89 Å². The fourth-order valence-electron chi connectivity index (χ4n) is 1.01. The van der Waals surface area contributed by atoms with Gasteiger partial charge in [-0.05, 0) is 18.6 Å². The first-order valence-electron chi connectivity index (χ1n) is 4.44. The molecule has 0 aromatic heterocycles. The van der Waals surface area contributed by atoms with Crippen LogP contribution < -0.4 is 5.32 Å². The van der Waals surface area contributed by atoms with Crippen LogP contribution in [0.1, 0.15) is 5.56 Å². The van der Waals surface area contributed by atoms with Crippen LogP contribution in [0.5, 0.6) is 0 Å². The molecule has 0 fully saturated rings. The van der Waals surface area contributed by atoms with E-state index in [-0.39, 0.29) is 6.61 Å². The molecule has 1 aromatic carbocycles. The number of hydrogen-bond acceptors (Lipinski definition) is 2.